The first kappa shape index (κ1) is 20.0. The Kier molecular flexibility index (Phi) is 5.38. The Labute approximate surface area is 183 Å². The van der Waals surface area contributed by atoms with Crippen molar-refractivity contribution >= 4 is 11.8 Å². The summed E-state index contributed by atoms with van der Waals surface area (Å²) in [6.45, 7) is 2.08. The molecule has 2 aromatic rings. The van der Waals surface area contributed by atoms with Gasteiger partial charge in [-0.05, 0) is 48.9 Å². The molecule has 1 spiro atoms. The standard InChI is InChI=1S/C25H29N3O3/c29-23(27-17-18-8-9-18)15-19-16-25(31-22-7-2-1-5-20(19)22)10-13-28(14-11-25)24(30)21-6-3-4-12-26-21/h1-7,12,18-19H,8-11,13-17H2,(H,27,29). The Morgan fingerprint density at radius 1 is 1.10 bits per heavy atom. The molecule has 1 unspecified atom stereocenters. The number of hydrogen-bond acceptors (Lipinski definition) is 4. The molecule has 6 heteroatoms. The van der Waals surface area contributed by atoms with Gasteiger partial charge in [-0.15, -0.1) is 0 Å². The van der Waals surface area contributed by atoms with E-state index in [-0.39, 0.29) is 23.3 Å². The fraction of sp³-hybridized carbons (Fsp3) is 0.480. The highest BCUT2D eigenvalue weighted by Crippen LogP contribution is 2.46. The van der Waals surface area contributed by atoms with Crippen molar-refractivity contribution in [1.29, 1.82) is 0 Å². The van der Waals surface area contributed by atoms with Crippen LogP contribution in [0.3, 0.4) is 0 Å². The first-order chi connectivity index (χ1) is 15.1. The third kappa shape index (κ3) is 4.43. The number of pyridine rings is 1. The number of rotatable bonds is 5. The number of likely N-dealkylation sites (tertiary alicyclic amines) is 1. The summed E-state index contributed by atoms with van der Waals surface area (Å²) in [6.07, 6.45) is 6.95. The molecule has 1 aromatic carbocycles. The lowest BCUT2D eigenvalue weighted by Crippen LogP contribution is -2.52. The highest BCUT2D eigenvalue weighted by atomic mass is 16.5. The maximum absolute atomic E-state index is 12.8. The van der Waals surface area contributed by atoms with E-state index in [9.17, 15) is 9.59 Å². The molecule has 5 rings (SSSR count). The monoisotopic (exact) mass is 419 g/mol. The lowest BCUT2D eigenvalue weighted by Gasteiger charge is -2.46. The Morgan fingerprint density at radius 2 is 1.87 bits per heavy atom. The van der Waals surface area contributed by atoms with Gasteiger partial charge in [0, 0.05) is 51.0 Å². The second kappa shape index (κ2) is 8.33. The minimum absolute atomic E-state index is 0.0253. The summed E-state index contributed by atoms with van der Waals surface area (Å²) in [7, 11) is 0. The van der Waals surface area contributed by atoms with Crippen LogP contribution in [-0.4, -0.2) is 46.9 Å². The summed E-state index contributed by atoms with van der Waals surface area (Å²) in [6, 6.07) is 13.5. The Balaban J connectivity index is 1.27. The second-order valence-electron chi connectivity index (χ2n) is 9.18. The summed E-state index contributed by atoms with van der Waals surface area (Å²) in [5.41, 5.74) is 1.29. The van der Waals surface area contributed by atoms with Gasteiger partial charge in [0.1, 0.15) is 17.0 Å². The van der Waals surface area contributed by atoms with Crippen molar-refractivity contribution in [2.24, 2.45) is 5.92 Å². The molecule has 1 saturated carbocycles. The molecule has 31 heavy (non-hydrogen) atoms. The van der Waals surface area contributed by atoms with Crippen molar-refractivity contribution in [3.63, 3.8) is 0 Å². The zero-order valence-electron chi connectivity index (χ0n) is 17.8. The molecule has 162 valence electrons. The van der Waals surface area contributed by atoms with Gasteiger partial charge in [-0.2, -0.15) is 0 Å². The average Bonchev–Trinajstić information content (AvgIpc) is 3.63. The number of para-hydroxylation sites is 1. The molecule has 1 aliphatic carbocycles. The number of carbonyl (C=O) groups excluding carboxylic acids is 2. The molecule has 2 amide bonds. The van der Waals surface area contributed by atoms with Crippen LogP contribution in [0, 0.1) is 5.92 Å². The van der Waals surface area contributed by atoms with Crippen molar-refractivity contribution in [2.75, 3.05) is 19.6 Å². The van der Waals surface area contributed by atoms with Crippen LogP contribution in [0.1, 0.15) is 60.5 Å². The van der Waals surface area contributed by atoms with Gasteiger partial charge >= 0.3 is 0 Å². The van der Waals surface area contributed by atoms with Crippen molar-refractivity contribution in [1.82, 2.24) is 15.2 Å². The Hall–Kier alpha value is -2.89. The van der Waals surface area contributed by atoms with E-state index < -0.39 is 0 Å². The molecule has 1 saturated heterocycles. The maximum Gasteiger partial charge on any atom is 0.272 e. The first-order valence-corrected chi connectivity index (χ1v) is 11.4. The van der Waals surface area contributed by atoms with Gasteiger partial charge in [0.15, 0.2) is 0 Å². The van der Waals surface area contributed by atoms with Gasteiger partial charge in [0.05, 0.1) is 0 Å². The van der Waals surface area contributed by atoms with Crippen LogP contribution in [0.5, 0.6) is 5.75 Å². The third-order valence-corrected chi connectivity index (χ3v) is 6.87. The number of nitrogens with zero attached hydrogens (tertiary/aromatic N) is 2. The molecule has 0 radical (unpaired) electrons. The van der Waals surface area contributed by atoms with E-state index in [4.69, 9.17) is 4.74 Å². The van der Waals surface area contributed by atoms with Crippen molar-refractivity contribution in [2.45, 2.75) is 50.0 Å². The fourth-order valence-corrected chi connectivity index (χ4v) is 4.88. The molecule has 3 aliphatic rings. The smallest absolute Gasteiger partial charge is 0.272 e. The molecular weight excluding hydrogens is 390 g/mol. The van der Waals surface area contributed by atoms with Crippen LogP contribution in [0.15, 0.2) is 48.7 Å². The van der Waals surface area contributed by atoms with E-state index >= 15 is 0 Å². The van der Waals surface area contributed by atoms with Gasteiger partial charge in [0.25, 0.3) is 5.91 Å². The molecule has 3 heterocycles. The number of nitrogens with one attached hydrogen (secondary N) is 1. The van der Waals surface area contributed by atoms with Crippen LogP contribution < -0.4 is 10.1 Å². The highest BCUT2D eigenvalue weighted by Gasteiger charge is 2.44. The van der Waals surface area contributed by atoms with Gasteiger partial charge in [0.2, 0.25) is 5.91 Å². The molecule has 0 bridgehead atoms. The van der Waals surface area contributed by atoms with E-state index in [1.807, 2.05) is 35.2 Å². The number of amides is 2. The van der Waals surface area contributed by atoms with Crippen molar-refractivity contribution in [3.05, 3.63) is 59.9 Å². The van der Waals surface area contributed by atoms with Crippen LogP contribution in [0.4, 0.5) is 0 Å². The summed E-state index contributed by atoms with van der Waals surface area (Å²) < 4.78 is 6.53. The summed E-state index contributed by atoms with van der Waals surface area (Å²) in [5, 5.41) is 3.11. The van der Waals surface area contributed by atoms with Gasteiger partial charge in [-0.3, -0.25) is 14.6 Å². The molecule has 6 nitrogen and oxygen atoms in total. The molecular formula is C25H29N3O3. The largest absolute Gasteiger partial charge is 0.487 e. The summed E-state index contributed by atoms with van der Waals surface area (Å²) >= 11 is 0. The molecule has 1 atom stereocenters. The van der Waals surface area contributed by atoms with Crippen molar-refractivity contribution < 1.29 is 14.3 Å². The van der Waals surface area contributed by atoms with Crippen LogP contribution in [-0.2, 0) is 4.79 Å². The second-order valence-corrected chi connectivity index (χ2v) is 9.18. The number of ether oxygens (including phenoxy) is 1. The number of benzene rings is 1. The minimum atomic E-state index is -0.323. The highest BCUT2D eigenvalue weighted by molar-refractivity contribution is 5.92. The third-order valence-electron chi connectivity index (χ3n) is 6.87. The van der Waals surface area contributed by atoms with E-state index in [1.165, 1.54) is 12.8 Å². The van der Waals surface area contributed by atoms with Gasteiger partial charge in [-0.25, -0.2) is 0 Å². The average molecular weight is 420 g/mol. The van der Waals surface area contributed by atoms with Crippen LogP contribution >= 0.6 is 0 Å². The fourth-order valence-electron chi connectivity index (χ4n) is 4.88. The number of aromatic nitrogens is 1. The normalized spacial score (nSPS) is 21.8. The molecule has 2 aliphatic heterocycles. The van der Waals surface area contributed by atoms with Gasteiger partial charge in [-0.1, -0.05) is 24.3 Å². The van der Waals surface area contributed by atoms with E-state index in [0.29, 0.717) is 31.1 Å². The SMILES string of the molecule is O=C(CC1CC2(CCN(C(=O)c3ccccn3)CC2)Oc2ccccc21)NCC1CC1. The maximum atomic E-state index is 12.8. The predicted octanol–water partition coefficient (Wildman–Crippen LogP) is 3.54. The minimum Gasteiger partial charge on any atom is -0.487 e. The zero-order valence-corrected chi connectivity index (χ0v) is 17.8. The number of carbonyl (C=O) groups is 2. The predicted molar refractivity (Wildman–Crippen MR) is 117 cm³/mol. The zero-order chi connectivity index (χ0) is 21.3. The van der Waals surface area contributed by atoms with E-state index in [1.54, 1.807) is 12.3 Å². The van der Waals surface area contributed by atoms with Crippen molar-refractivity contribution in [3.8, 4) is 5.75 Å². The lowest BCUT2D eigenvalue weighted by molar-refractivity contribution is -0.122. The Bertz CT molecular complexity index is 949. The molecule has 1 N–H and O–H groups in total. The number of hydrogen-bond donors (Lipinski definition) is 1. The van der Waals surface area contributed by atoms with E-state index in [2.05, 4.69) is 16.4 Å². The molecule has 1 aromatic heterocycles. The number of fused-ring (bicyclic) bond motifs is 1. The quantitative estimate of drug-likeness (QED) is 0.805. The summed E-state index contributed by atoms with van der Waals surface area (Å²) in [4.78, 5) is 31.5. The van der Waals surface area contributed by atoms with E-state index in [0.717, 1.165) is 37.1 Å². The first-order valence-electron chi connectivity index (χ1n) is 11.4. The van der Waals surface area contributed by atoms with Crippen LogP contribution in [0.2, 0.25) is 0 Å². The van der Waals surface area contributed by atoms with Gasteiger partial charge < -0.3 is 15.0 Å². The lowest BCUT2D eigenvalue weighted by atomic mass is 9.76. The Morgan fingerprint density at radius 3 is 2.61 bits per heavy atom. The number of piperidine rings is 1. The van der Waals surface area contributed by atoms with Crippen LogP contribution in [0.25, 0.3) is 0 Å². The topological polar surface area (TPSA) is 71.5 Å². The molecule has 2 fully saturated rings. The summed E-state index contributed by atoms with van der Waals surface area (Å²) in [5.74, 6) is 1.81.